The smallest absolute Gasteiger partial charge is 0.277 e. The first-order chi connectivity index (χ1) is 11.1. The second-order valence-electron chi connectivity index (χ2n) is 5.01. The van der Waals surface area contributed by atoms with E-state index in [-0.39, 0.29) is 18.7 Å². The van der Waals surface area contributed by atoms with Crippen molar-refractivity contribution in [3.63, 3.8) is 0 Å². The number of fused-ring (bicyclic) bond motifs is 1. The van der Waals surface area contributed by atoms with Gasteiger partial charge in [-0.15, -0.1) is 5.10 Å². The summed E-state index contributed by atoms with van der Waals surface area (Å²) in [6, 6.07) is 14.2. The molecule has 3 aromatic rings. The van der Waals surface area contributed by atoms with Crippen molar-refractivity contribution in [3.05, 3.63) is 63.4 Å². The topological polar surface area (TPSA) is 77.2 Å². The van der Waals surface area contributed by atoms with E-state index in [0.29, 0.717) is 16.7 Å². The maximum absolute atomic E-state index is 12.3. The Bertz CT molecular complexity index is 864. The van der Waals surface area contributed by atoms with Crippen LogP contribution in [-0.2, 0) is 6.54 Å². The van der Waals surface area contributed by atoms with Gasteiger partial charge in [0, 0.05) is 4.47 Å². The van der Waals surface area contributed by atoms with Crippen molar-refractivity contribution in [3.8, 4) is 5.75 Å². The van der Waals surface area contributed by atoms with E-state index in [1.54, 1.807) is 36.4 Å². The lowest BCUT2D eigenvalue weighted by molar-refractivity contribution is 0.0873. The van der Waals surface area contributed by atoms with E-state index in [1.807, 2.05) is 12.1 Å². The van der Waals surface area contributed by atoms with Crippen LogP contribution in [0.5, 0.6) is 5.75 Å². The van der Waals surface area contributed by atoms with Crippen molar-refractivity contribution in [2.75, 3.05) is 6.61 Å². The molecular formula is C16H14BrN3O3. The molecule has 1 aromatic heterocycles. The van der Waals surface area contributed by atoms with Gasteiger partial charge in [0.15, 0.2) is 0 Å². The summed E-state index contributed by atoms with van der Waals surface area (Å²) in [5.74, 6) is 0.643. The molecule has 0 radical (unpaired) electrons. The van der Waals surface area contributed by atoms with Gasteiger partial charge in [-0.1, -0.05) is 33.3 Å². The fourth-order valence-corrected chi connectivity index (χ4v) is 2.38. The van der Waals surface area contributed by atoms with Gasteiger partial charge >= 0.3 is 0 Å². The van der Waals surface area contributed by atoms with Gasteiger partial charge in [-0.05, 0) is 36.4 Å². The van der Waals surface area contributed by atoms with Gasteiger partial charge in [-0.3, -0.25) is 4.79 Å². The number of aliphatic hydroxyl groups is 1. The third-order valence-electron chi connectivity index (χ3n) is 3.27. The number of hydrogen-bond acceptors (Lipinski definition) is 5. The molecule has 6 nitrogen and oxygen atoms in total. The Kier molecular flexibility index (Phi) is 4.68. The number of nitrogens with zero attached hydrogens (tertiary/aromatic N) is 3. The second-order valence-corrected chi connectivity index (χ2v) is 5.93. The summed E-state index contributed by atoms with van der Waals surface area (Å²) in [7, 11) is 0. The minimum atomic E-state index is -0.869. The largest absolute Gasteiger partial charge is 0.491 e. The fraction of sp³-hybridized carbons (Fsp3) is 0.188. The zero-order valence-corrected chi connectivity index (χ0v) is 13.7. The summed E-state index contributed by atoms with van der Waals surface area (Å²) in [6.45, 7) is 0.0791. The molecule has 0 spiro atoms. The van der Waals surface area contributed by atoms with Crippen LogP contribution in [0.3, 0.4) is 0 Å². The molecule has 0 amide bonds. The highest BCUT2D eigenvalue weighted by Gasteiger charge is 2.11. The summed E-state index contributed by atoms with van der Waals surface area (Å²) in [4.78, 5) is 12.3. The van der Waals surface area contributed by atoms with Crippen molar-refractivity contribution in [1.82, 2.24) is 15.0 Å². The van der Waals surface area contributed by atoms with E-state index >= 15 is 0 Å². The molecule has 0 aliphatic carbocycles. The molecule has 1 N–H and O–H groups in total. The maximum Gasteiger partial charge on any atom is 0.277 e. The molecule has 118 valence electrons. The first-order valence-corrected chi connectivity index (χ1v) is 7.82. The zero-order chi connectivity index (χ0) is 16.2. The number of aromatic nitrogens is 3. The maximum atomic E-state index is 12.3. The number of aliphatic hydroxyl groups excluding tert-OH is 1. The van der Waals surface area contributed by atoms with Crippen LogP contribution in [0, 0.1) is 0 Å². The summed E-state index contributed by atoms with van der Waals surface area (Å²) >= 11 is 3.34. The van der Waals surface area contributed by atoms with Crippen molar-refractivity contribution in [2.45, 2.75) is 12.6 Å². The molecule has 3 rings (SSSR count). The number of hydrogen-bond donors (Lipinski definition) is 1. The summed E-state index contributed by atoms with van der Waals surface area (Å²) in [6.07, 6.45) is -0.869. The first-order valence-electron chi connectivity index (χ1n) is 7.02. The lowest BCUT2D eigenvalue weighted by Crippen LogP contribution is -2.32. The van der Waals surface area contributed by atoms with Gasteiger partial charge in [-0.2, -0.15) is 0 Å². The Morgan fingerprint density at radius 1 is 1.17 bits per heavy atom. The lowest BCUT2D eigenvalue weighted by Gasteiger charge is -2.13. The van der Waals surface area contributed by atoms with Crippen molar-refractivity contribution < 1.29 is 9.84 Å². The van der Waals surface area contributed by atoms with E-state index in [2.05, 4.69) is 26.2 Å². The third kappa shape index (κ3) is 3.75. The Hall–Kier alpha value is -2.25. The van der Waals surface area contributed by atoms with Gasteiger partial charge < -0.3 is 9.84 Å². The number of halogens is 1. The van der Waals surface area contributed by atoms with Crippen LogP contribution in [0.4, 0.5) is 0 Å². The Morgan fingerprint density at radius 3 is 2.70 bits per heavy atom. The molecule has 0 unspecified atom stereocenters. The molecule has 23 heavy (non-hydrogen) atoms. The molecule has 1 atom stereocenters. The molecule has 0 fully saturated rings. The minimum Gasteiger partial charge on any atom is -0.491 e. The fourth-order valence-electron chi connectivity index (χ4n) is 2.12. The average Bonchev–Trinajstić information content (AvgIpc) is 2.57. The zero-order valence-electron chi connectivity index (χ0n) is 12.1. The van der Waals surface area contributed by atoms with E-state index in [0.717, 1.165) is 9.15 Å². The van der Waals surface area contributed by atoms with E-state index < -0.39 is 6.10 Å². The standard InChI is InChI=1S/C16H14BrN3O3/c17-11-5-7-13(8-6-11)23-10-12(21)9-20-16(22)14-3-1-2-4-15(14)18-19-20/h1-8,12,21H,9-10H2/t12-/m1/s1. The molecule has 1 heterocycles. The molecule has 0 bridgehead atoms. The predicted molar refractivity (Wildman–Crippen MR) is 89.4 cm³/mol. The van der Waals surface area contributed by atoms with Crippen LogP contribution >= 0.6 is 15.9 Å². The highest BCUT2D eigenvalue weighted by molar-refractivity contribution is 9.10. The Labute approximate surface area is 140 Å². The van der Waals surface area contributed by atoms with Crippen LogP contribution in [0.1, 0.15) is 0 Å². The van der Waals surface area contributed by atoms with Gasteiger partial charge in [0.2, 0.25) is 0 Å². The second kappa shape index (κ2) is 6.89. The highest BCUT2D eigenvalue weighted by Crippen LogP contribution is 2.16. The van der Waals surface area contributed by atoms with Crippen molar-refractivity contribution in [2.24, 2.45) is 0 Å². The quantitative estimate of drug-likeness (QED) is 0.737. The van der Waals surface area contributed by atoms with Crippen LogP contribution in [0.15, 0.2) is 57.8 Å². The number of benzene rings is 2. The summed E-state index contributed by atoms with van der Waals surface area (Å²) in [5.41, 5.74) is 0.257. The van der Waals surface area contributed by atoms with Crippen LogP contribution in [0.2, 0.25) is 0 Å². The van der Waals surface area contributed by atoms with Crippen LogP contribution in [0.25, 0.3) is 10.9 Å². The van der Waals surface area contributed by atoms with E-state index in [9.17, 15) is 9.90 Å². The SMILES string of the molecule is O=c1c2ccccc2nnn1C[C@@H](O)COc1ccc(Br)cc1. The molecule has 7 heteroatoms. The highest BCUT2D eigenvalue weighted by atomic mass is 79.9. The van der Waals surface area contributed by atoms with Gasteiger partial charge in [0.25, 0.3) is 5.56 Å². The van der Waals surface area contributed by atoms with E-state index in [1.165, 1.54) is 0 Å². The predicted octanol–water partition coefficient (Wildman–Crippen LogP) is 1.99. The van der Waals surface area contributed by atoms with Crippen LogP contribution < -0.4 is 10.3 Å². The molecular weight excluding hydrogens is 362 g/mol. The lowest BCUT2D eigenvalue weighted by atomic mass is 10.2. The van der Waals surface area contributed by atoms with E-state index in [4.69, 9.17) is 4.74 Å². The molecule has 2 aromatic carbocycles. The van der Waals surface area contributed by atoms with Gasteiger partial charge in [-0.25, -0.2) is 4.68 Å². The van der Waals surface area contributed by atoms with Crippen LogP contribution in [-0.4, -0.2) is 32.8 Å². The molecule has 0 saturated carbocycles. The first kappa shape index (κ1) is 15.6. The molecule has 0 aliphatic heterocycles. The Morgan fingerprint density at radius 2 is 1.91 bits per heavy atom. The average molecular weight is 376 g/mol. The minimum absolute atomic E-state index is 0.0210. The van der Waals surface area contributed by atoms with Gasteiger partial charge in [0.05, 0.1) is 11.9 Å². The Balaban J connectivity index is 1.68. The van der Waals surface area contributed by atoms with Gasteiger partial charge in [0.1, 0.15) is 24.0 Å². The molecule has 0 saturated heterocycles. The normalized spacial score (nSPS) is 12.3. The number of ether oxygens (including phenoxy) is 1. The van der Waals surface area contributed by atoms with Crippen molar-refractivity contribution in [1.29, 1.82) is 0 Å². The summed E-state index contributed by atoms with van der Waals surface area (Å²) in [5, 5.41) is 18.4. The molecule has 0 aliphatic rings. The monoisotopic (exact) mass is 375 g/mol. The van der Waals surface area contributed by atoms with Crippen molar-refractivity contribution >= 4 is 26.8 Å². The third-order valence-corrected chi connectivity index (χ3v) is 3.80. The number of rotatable bonds is 5. The summed E-state index contributed by atoms with van der Waals surface area (Å²) < 4.78 is 7.59.